The van der Waals surface area contributed by atoms with Gasteiger partial charge in [-0.05, 0) is 44.4 Å². The normalized spacial score (nSPS) is 15.2. The first-order valence-corrected chi connectivity index (χ1v) is 6.67. The van der Waals surface area contributed by atoms with Gasteiger partial charge in [0.1, 0.15) is 0 Å². The lowest BCUT2D eigenvalue weighted by atomic mass is 9.98. The Morgan fingerprint density at radius 2 is 2.21 bits per heavy atom. The molecule has 0 aromatic heterocycles. The van der Waals surface area contributed by atoms with E-state index in [1.165, 1.54) is 5.56 Å². The van der Waals surface area contributed by atoms with E-state index in [0.29, 0.717) is 12.1 Å². The van der Waals surface area contributed by atoms with Crippen LogP contribution in [0.15, 0.2) is 18.2 Å². The molecule has 0 unspecified atom stereocenters. The van der Waals surface area contributed by atoms with Gasteiger partial charge in [0.05, 0.1) is 12.0 Å². The number of rotatable bonds is 3. The third-order valence-corrected chi connectivity index (χ3v) is 3.66. The van der Waals surface area contributed by atoms with Gasteiger partial charge in [0.25, 0.3) is 0 Å². The van der Waals surface area contributed by atoms with Crippen molar-refractivity contribution in [2.45, 2.75) is 38.7 Å². The number of anilines is 2. The number of nitrogens with zero attached hydrogens (tertiary/aromatic N) is 1. The van der Waals surface area contributed by atoms with Crippen molar-refractivity contribution in [2.24, 2.45) is 0 Å². The Morgan fingerprint density at radius 1 is 1.47 bits per heavy atom. The van der Waals surface area contributed by atoms with Crippen LogP contribution in [0.5, 0.6) is 0 Å². The Balaban J connectivity index is 2.23. The Morgan fingerprint density at radius 3 is 2.89 bits per heavy atom. The Labute approximate surface area is 114 Å². The highest BCUT2D eigenvalue weighted by atomic mass is 16.5. The molecule has 0 spiro atoms. The van der Waals surface area contributed by atoms with E-state index in [0.717, 1.165) is 25.1 Å². The van der Waals surface area contributed by atoms with Gasteiger partial charge in [0, 0.05) is 25.0 Å². The van der Waals surface area contributed by atoms with Gasteiger partial charge in [-0.25, -0.2) is 0 Å². The fraction of sp³-hybridized carbons (Fsp3) is 0.533. The number of carbonyl (C=O) groups is 1. The molecule has 4 heteroatoms. The van der Waals surface area contributed by atoms with E-state index in [9.17, 15) is 4.79 Å². The van der Waals surface area contributed by atoms with Crippen molar-refractivity contribution in [2.75, 3.05) is 24.3 Å². The molecule has 0 fully saturated rings. The van der Waals surface area contributed by atoms with E-state index in [1.807, 2.05) is 36.9 Å². The fourth-order valence-electron chi connectivity index (χ4n) is 2.38. The minimum absolute atomic E-state index is 0.0957. The van der Waals surface area contributed by atoms with Gasteiger partial charge < -0.3 is 15.4 Å². The highest BCUT2D eigenvalue weighted by Crippen LogP contribution is 2.30. The van der Waals surface area contributed by atoms with Crippen molar-refractivity contribution in [1.29, 1.82) is 0 Å². The van der Waals surface area contributed by atoms with Crippen LogP contribution in [0.25, 0.3) is 0 Å². The predicted octanol–water partition coefficient (Wildman–Crippen LogP) is 2.36. The van der Waals surface area contributed by atoms with Crippen LogP contribution in [0, 0.1) is 0 Å². The highest BCUT2D eigenvalue weighted by molar-refractivity contribution is 5.95. The Hall–Kier alpha value is -1.55. The van der Waals surface area contributed by atoms with Crippen molar-refractivity contribution >= 4 is 17.3 Å². The maximum atomic E-state index is 12.5. The Bertz CT molecular complexity index is 483. The van der Waals surface area contributed by atoms with E-state index in [4.69, 9.17) is 10.5 Å². The molecular formula is C15H22N2O2. The van der Waals surface area contributed by atoms with Crippen LogP contribution >= 0.6 is 0 Å². The van der Waals surface area contributed by atoms with Crippen LogP contribution in [0.2, 0.25) is 0 Å². The van der Waals surface area contributed by atoms with Gasteiger partial charge >= 0.3 is 0 Å². The molecule has 1 aromatic carbocycles. The first-order valence-electron chi connectivity index (χ1n) is 6.67. The lowest BCUT2D eigenvalue weighted by Crippen LogP contribution is -2.40. The van der Waals surface area contributed by atoms with Gasteiger partial charge in [-0.3, -0.25) is 4.79 Å². The van der Waals surface area contributed by atoms with Crippen molar-refractivity contribution < 1.29 is 9.53 Å². The Kier molecular flexibility index (Phi) is 3.80. The van der Waals surface area contributed by atoms with Gasteiger partial charge in [-0.2, -0.15) is 0 Å². The molecule has 0 saturated heterocycles. The number of benzene rings is 1. The van der Waals surface area contributed by atoms with Gasteiger partial charge in [0.15, 0.2) is 0 Å². The molecule has 0 saturated carbocycles. The van der Waals surface area contributed by atoms with Crippen molar-refractivity contribution in [3.63, 3.8) is 0 Å². The summed E-state index contributed by atoms with van der Waals surface area (Å²) in [6.45, 7) is 4.61. The topological polar surface area (TPSA) is 55.6 Å². The first kappa shape index (κ1) is 13.9. The monoisotopic (exact) mass is 262 g/mol. The zero-order valence-corrected chi connectivity index (χ0v) is 11.9. The minimum atomic E-state index is -0.435. The summed E-state index contributed by atoms with van der Waals surface area (Å²) in [5.41, 5.74) is 8.26. The van der Waals surface area contributed by atoms with Crippen molar-refractivity contribution in [3.05, 3.63) is 23.8 Å². The fourth-order valence-corrected chi connectivity index (χ4v) is 2.38. The molecule has 104 valence electrons. The quantitative estimate of drug-likeness (QED) is 0.851. The summed E-state index contributed by atoms with van der Waals surface area (Å²) in [5, 5.41) is 0. The number of nitrogens with two attached hydrogens (primary N) is 1. The molecule has 1 amide bonds. The SMILES string of the molecule is COC(C)(C)CC(=O)N1CCCc2ccc(N)cc21. The number of fused-ring (bicyclic) bond motifs is 1. The first-order chi connectivity index (χ1) is 8.93. The third-order valence-electron chi connectivity index (χ3n) is 3.66. The van der Waals surface area contributed by atoms with Crippen LogP contribution in [-0.2, 0) is 16.0 Å². The summed E-state index contributed by atoms with van der Waals surface area (Å²) in [4.78, 5) is 14.3. The third kappa shape index (κ3) is 3.07. The molecule has 1 aliphatic rings. The van der Waals surface area contributed by atoms with Gasteiger partial charge in [-0.15, -0.1) is 0 Å². The summed E-state index contributed by atoms with van der Waals surface area (Å²) in [6, 6.07) is 5.81. The number of hydrogen-bond donors (Lipinski definition) is 1. The summed E-state index contributed by atoms with van der Waals surface area (Å²) in [6.07, 6.45) is 2.38. The van der Waals surface area contributed by atoms with Gasteiger partial charge in [0.2, 0.25) is 5.91 Å². The number of nitrogen functional groups attached to an aromatic ring is 1. The summed E-state index contributed by atoms with van der Waals surface area (Å²) in [7, 11) is 1.63. The number of methoxy groups -OCH3 is 1. The van der Waals surface area contributed by atoms with E-state index >= 15 is 0 Å². The molecule has 0 radical (unpaired) electrons. The average Bonchev–Trinajstić information content (AvgIpc) is 2.37. The molecule has 2 N–H and O–H groups in total. The van der Waals surface area contributed by atoms with Crippen molar-refractivity contribution in [1.82, 2.24) is 0 Å². The summed E-state index contributed by atoms with van der Waals surface area (Å²) in [5.74, 6) is 0.0957. The molecule has 2 rings (SSSR count). The van der Waals surface area contributed by atoms with Crippen LogP contribution in [0.3, 0.4) is 0 Å². The van der Waals surface area contributed by atoms with E-state index in [1.54, 1.807) is 7.11 Å². The number of hydrogen-bond acceptors (Lipinski definition) is 3. The van der Waals surface area contributed by atoms with Crippen LogP contribution in [-0.4, -0.2) is 25.2 Å². The van der Waals surface area contributed by atoms with E-state index in [-0.39, 0.29) is 5.91 Å². The molecular weight excluding hydrogens is 240 g/mol. The molecule has 0 aliphatic carbocycles. The second-order valence-corrected chi connectivity index (χ2v) is 5.68. The summed E-state index contributed by atoms with van der Waals surface area (Å²) >= 11 is 0. The van der Waals surface area contributed by atoms with Crippen LogP contribution in [0.4, 0.5) is 11.4 Å². The smallest absolute Gasteiger partial charge is 0.229 e. The lowest BCUT2D eigenvalue weighted by Gasteiger charge is -2.32. The number of amides is 1. The second-order valence-electron chi connectivity index (χ2n) is 5.68. The molecule has 4 nitrogen and oxygen atoms in total. The minimum Gasteiger partial charge on any atom is -0.399 e. The molecule has 1 aliphatic heterocycles. The lowest BCUT2D eigenvalue weighted by molar-refractivity contribution is -0.123. The molecule has 1 heterocycles. The second kappa shape index (κ2) is 5.21. The zero-order chi connectivity index (χ0) is 14.0. The molecule has 0 bridgehead atoms. The maximum absolute atomic E-state index is 12.5. The number of aryl methyl sites for hydroxylation is 1. The average molecular weight is 262 g/mol. The number of ether oxygens (including phenoxy) is 1. The predicted molar refractivity (Wildman–Crippen MR) is 77.2 cm³/mol. The molecule has 0 atom stereocenters. The standard InChI is InChI=1S/C15H22N2O2/c1-15(2,19-3)10-14(18)17-8-4-5-11-6-7-12(16)9-13(11)17/h6-7,9H,4-5,8,10,16H2,1-3H3. The van der Waals surface area contributed by atoms with E-state index < -0.39 is 5.60 Å². The number of carbonyl (C=O) groups excluding carboxylic acids is 1. The van der Waals surface area contributed by atoms with Crippen LogP contribution < -0.4 is 10.6 Å². The highest BCUT2D eigenvalue weighted by Gasteiger charge is 2.28. The zero-order valence-electron chi connectivity index (χ0n) is 11.9. The maximum Gasteiger partial charge on any atom is 0.229 e. The van der Waals surface area contributed by atoms with Crippen LogP contribution in [0.1, 0.15) is 32.3 Å². The van der Waals surface area contributed by atoms with Gasteiger partial charge in [-0.1, -0.05) is 6.07 Å². The van der Waals surface area contributed by atoms with Crippen molar-refractivity contribution in [3.8, 4) is 0 Å². The molecule has 19 heavy (non-hydrogen) atoms. The largest absolute Gasteiger partial charge is 0.399 e. The summed E-state index contributed by atoms with van der Waals surface area (Å²) < 4.78 is 5.34. The molecule has 1 aromatic rings. The van der Waals surface area contributed by atoms with E-state index in [2.05, 4.69) is 0 Å².